The molecular weight excluding hydrogens is 466 g/mol. The third kappa shape index (κ3) is 3.64. The molecule has 9 nitrogen and oxygen atoms in total. The second kappa shape index (κ2) is 8.40. The Bertz CT molecular complexity index is 1530. The van der Waals surface area contributed by atoms with Crippen LogP contribution in [-0.2, 0) is 0 Å². The number of nitrogens with two attached hydrogens (primary N) is 2. The molecule has 37 heavy (non-hydrogen) atoms. The molecule has 188 valence electrons. The van der Waals surface area contributed by atoms with Crippen LogP contribution < -0.4 is 11.5 Å². The number of fused-ring (bicyclic) bond motifs is 3. The number of nitrogen functional groups attached to an aromatic ring is 1. The van der Waals surface area contributed by atoms with Crippen LogP contribution in [0.3, 0.4) is 0 Å². The van der Waals surface area contributed by atoms with Gasteiger partial charge in [-0.2, -0.15) is 9.61 Å². The number of primary amides is 1. The molecule has 9 heteroatoms. The summed E-state index contributed by atoms with van der Waals surface area (Å²) in [6, 6.07) is 13.6. The van der Waals surface area contributed by atoms with Gasteiger partial charge < -0.3 is 16.4 Å². The quantitative estimate of drug-likeness (QED) is 0.403. The highest BCUT2D eigenvalue weighted by Gasteiger charge is 2.51. The van der Waals surface area contributed by atoms with Gasteiger partial charge in [0.05, 0.1) is 23.1 Å². The van der Waals surface area contributed by atoms with Gasteiger partial charge in [0.15, 0.2) is 11.4 Å². The molecule has 4 N–H and O–H groups in total. The van der Waals surface area contributed by atoms with Crippen LogP contribution in [0.5, 0.6) is 0 Å². The minimum Gasteiger partial charge on any atom is -0.383 e. The van der Waals surface area contributed by atoms with E-state index in [-0.39, 0.29) is 35.1 Å². The summed E-state index contributed by atoms with van der Waals surface area (Å²) in [4.78, 5) is 36.5. The van der Waals surface area contributed by atoms with Gasteiger partial charge in [-0.05, 0) is 45.6 Å². The number of ketones is 1. The normalized spacial score (nSPS) is 22.9. The first-order valence-electron chi connectivity index (χ1n) is 12.6. The summed E-state index contributed by atoms with van der Waals surface area (Å²) in [6.45, 7) is 3.58. The molecule has 2 aliphatic heterocycles. The van der Waals surface area contributed by atoms with Gasteiger partial charge in [0.25, 0.3) is 0 Å². The van der Waals surface area contributed by atoms with E-state index in [2.05, 4.69) is 17.0 Å². The predicted molar refractivity (Wildman–Crippen MR) is 141 cm³/mol. The molecule has 6 rings (SSSR count). The second-order valence-electron chi connectivity index (χ2n) is 10.4. The van der Waals surface area contributed by atoms with Crippen LogP contribution in [-0.4, -0.2) is 47.9 Å². The predicted octanol–water partition coefficient (Wildman–Crippen LogP) is 4.42. The lowest BCUT2D eigenvalue weighted by molar-refractivity contribution is 0.0885. The lowest BCUT2D eigenvalue weighted by Gasteiger charge is -2.45. The van der Waals surface area contributed by atoms with Gasteiger partial charge in [-0.25, -0.2) is 9.78 Å². The second-order valence-corrected chi connectivity index (χ2v) is 10.4. The molecule has 3 atom stereocenters. The van der Waals surface area contributed by atoms with Crippen molar-refractivity contribution in [2.45, 2.75) is 57.0 Å². The number of rotatable bonds is 4. The van der Waals surface area contributed by atoms with Gasteiger partial charge in [-0.15, -0.1) is 0 Å². The highest BCUT2D eigenvalue weighted by atomic mass is 16.2. The first-order valence-corrected chi connectivity index (χ1v) is 12.6. The van der Waals surface area contributed by atoms with Crippen molar-refractivity contribution in [2.24, 2.45) is 5.73 Å². The topological polar surface area (TPSA) is 132 Å². The molecule has 1 unspecified atom stereocenters. The van der Waals surface area contributed by atoms with Crippen molar-refractivity contribution in [1.82, 2.24) is 24.5 Å². The highest BCUT2D eigenvalue weighted by Crippen LogP contribution is 2.50. The summed E-state index contributed by atoms with van der Waals surface area (Å²) in [6.07, 6.45) is 6.65. The molecule has 0 aliphatic carbocycles. The fourth-order valence-corrected chi connectivity index (χ4v) is 6.41. The van der Waals surface area contributed by atoms with Crippen molar-refractivity contribution < 1.29 is 9.59 Å². The largest absolute Gasteiger partial charge is 0.383 e. The molecule has 2 saturated heterocycles. The smallest absolute Gasteiger partial charge is 0.315 e. The third-order valence-electron chi connectivity index (χ3n) is 8.04. The van der Waals surface area contributed by atoms with E-state index in [9.17, 15) is 9.59 Å². The third-order valence-corrected chi connectivity index (χ3v) is 8.04. The lowest BCUT2D eigenvalue weighted by Crippen LogP contribution is -2.55. The molecule has 0 radical (unpaired) electrons. The monoisotopic (exact) mass is 495 g/mol. The van der Waals surface area contributed by atoms with Crippen molar-refractivity contribution in [3.8, 4) is 22.4 Å². The number of aromatic nitrogens is 4. The van der Waals surface area contributed by atoms with Crippen molar-refractivity contribution in [1.29, 1.82) is 0 Å². The Labute approximate surface area is 214 Å². The number of hydrogen-bond donors (Lipinski definition) is 2. The number of anilines is 1. The minimum absolute atomic E-state index is 0.0272. The Morgan fingerprint density at radius 1 is 1.08 bits per heavy atom. The van der Waals surface area contributed by atoms with Crippen molar-refractivity contribution in [3.05, 3.63) is 66.1 Å². The van der Waals surface area contributed by atoms with E-state index in [1.807, 2.05) is 53.6 Å². The fraction of sp³-hybridized carbons (Fsp3) is 0.321. The van der Waals surface area contributed by atoms with E-state index in [4.69, 9.17) is 16.5 Å². The van der Waals surface area contributed by atoms with Crippen molar-refractivity contribution in [2.75, 3.05) is 5.73 Å². The zero-order valence-corrected chi connectivity index (χ0v) is 20.9. The zero-order valence-electron chi connectivity index (χ0n) is 20.9. The maximum atomic E-state index is 12.8. The Balaban J connectivity index is 1.44. The first kappa shape index (κ1) is 23.1. The number of piperidine rings is 1. The standard InChI is InChI=1S/C28H29N7O2/c1-16(36)23-24(19-12-20-10-11-28(2,13-19)34(20)27(30)37)33-26-21(15-32-35(26)25(23)29)18-8-9-22(31-14-18)17-6-4-3-5-7-17/h3-9,14-15,19-20H,10-13,29H2,1-2H3,(H2,30,37)/t19-,20-,28?/m0/s1. The van der Waals surface area contributed by atoms with Gasteiger partial charge in [-0.3, -0.25) is 9.78 Å². The molecule has 2 aliphatic rings. The molecule has 1 aromatic carbocycles. The van der Waals surface area contributed by atoms with Crippen molar-refractivity contribution >= 4 is 23.3 Å². The summed E-state index contributed by atoms with van der Waals surface area (Å²) >= 11 is 0. The number of nitrogens with zero attached hydrogens (tertiary/aromatic N) is 5. The van der Waals surface area contributed by atoms with Gasteiger partial charge >= 0.3 is 6.03 Å². The molecular formula is C28H29N7O2. The van der Waals surface area contributed by atoms with E-state index in [0.29, 0.717) is 29.7 Å². The summed E-state index contributed by atoms with van der Waals surface area (Å²) < 4.78 is 1.54. The number of hydrogen-bond acceptors (Lipinski definition) is 6. The van der Waals surface area contributed by atoms with E-state index < -0.39 is 0 Å². The van der Waals surface area contributed by atoms with Gasteiger partial charge in [-0.1, -0.05) is 36.4 Å². The Hall–Kier alpha value is -4.27. The van der Waals surface area contributed by atoms with Gasteiger partial charge in [0.1, 0.15) is 5.82 Å². The summed E-state index contributed by atoms with van der Waals surface area (Å²) in [5.74, 6) is 0.103. The molecule has 2 amide bonds. The lowest BCUT2D eigenvalue weighted by atomic mass is 9.79. The first-order chi connectivity index (χ1) is 17.8. The van der Waals surface area contributed by atoms with Gasteiger partial charge in [0.2, 0.25) is 0 Å². The average Bonchev–Trinajstić information content (AvgIpc) is 3.40. The van der Waals surface area contributed by atoms with Crippen LogP contribution in [0.1, 0.15) is 61.5 Å². The molecule has 2 fully saturated rings. The number of urea groups is 1. The highest BCUT2D eigenvalue weighted by molar-refractivity contribution is 6.00. The van der Waals surface area contributed by atoms with E-state index in [1.165, 1.54) is 11.4 Å². The molecule has 2 bridgehead atoms. The molecule has 0 saturated carbocycles. The summed E-state index contributed by atoms with van der Waals surface area (Å²) in [5.41, 5.74) is 17.1. The molecule has 3 aromatic heterocycles. The fourth-order valence-electron chi connectivity index (χ4n) is 6.41. The maximum Gasteiger partial charge on any atom is 0.315 e. The number of carbonyl (C=O) groups excluding carboxylic acids is 2. The van der Waals surface area contributed by atoms with Crippen LogP contribution >= 0.6 is 0 Å². The maximum absolute atomic E-state index is 12.8. The van der Waals surface area contributed by atoms with Crippen molar-refractivity contribution in [3.63, 3.8) is 0 Å². The molecule has 0 spiro atoms. The average molecular weight is 496 g/mol. The van der Waals surface area contributed by atoms with E-state index >= 15 is 0 Å². The zero-order chi connectivity index (χ0) is 25.9. The summed E-state index contributed by atoms with van der Waals surface area (Å²) in [5, 5.41) is 4.48. The number of amides is 2. The van der Waals surface area contributed by atoms with Crippen LogP contribution in [0.2, 0.25) is 0 Å². The van der Waals surface area contributed by atoms with Crippen LogP contribution in [0.4, 0.5) is 10.6 Å². The van der Waals surface area contributed by atoms with E-state index in [0.717, 1.165) is 35.2 Å². The van der Waals surface area contributed by atoms with Crippen LogP contribution in [0, 0.1) is 0 Å². The Morgan fingerprint density at radius 3 is 2.51 bits per heavy atom. The number of Topliss-reactive ketones (excluding diaryl/α,β-unsaturated/α-hetero) is 1. The van der Waals surface area contributed by atoms with E-state index in [1.54, 1.807) is 6.20 Å². The van der Waals surface area contributed by atoms with Gasteiger partial charge in [0, 0.05) is 40.4 Å². The number of benzene rings is 1. The summed E-state index contributed by atoms with van der Waals surface area (Å²) in [7, 11) is 0. The number of carbonyl (C=O) groups is 2. The number of pyridine rings is 1. The van der Waals surface area contributed by atoms with Crippen LogP contribution in [0.25, 0.3) is 28.0 Å². The SMILES string of the molecule is CC(=O)c1c([C@H]2C[C@@H]3CCC(C)(C2)N3C(N)=O)nc2c(-c3ccc(-c4ccccc4)nc3)cnn2c1N. The Morgan fingerprint density at radius 2 is 1.86 bits per heavy atom. The van der Waals surface area contributed by atoms with Crippen LogP contribution in [0.15, 0.2) is 54.9 Å². The Kier molecular flexibility index (Phi) is 5.25. The molecule has 4 aromatic rings. The molecule has 5 heterocycles. The minimum atomic E-state index is -0.386.